The first-order valence-electron chi connectivity index (χ1n) is 6.25. The zero-order valence-electron chi connectivity index (χ0n) is 11.1. The third-order valence-corrected chi connectivity index (χ3v) is 3.61. The Kier molecular flexibility index (Phi) is 4.31. The molecule has 2 rings (SSSR count). The van der Waals surface area contributed by atoms with Crippen molar-refractivity contribution >= 4 is 16.5 Å². The highest BCUT2D eigenvalue weighted by atomic mass is 32.1. The number of rotatable bonds is 5. The van der Waals surface area contributed by atoms with Crippen LogP contribution in [0.2, 0.25) is 0 Å². The van der Waals surface area contributed by atoms with E-state index >= 15 is 0 Å². The molecule has 1 heterocycles. The van der Waals surface area contributed by atoms with E-state index in [0.717, 1.165) is 23.0 Å². The lowest BCUT2D eigenvalue weighted by molar-refractivity contribution is 0.703. The van der Waals surface area contributed by atoms with Crippen molar-refractivity contribution in [2.75, 3.05) is 5.32 Å². The number of aromatic nitrogens is 2. The highest BCUT2D eigenvalue weighted by molar-refractivity contribution is 7.15. The number of nitrogens with zero attached hydrogens (tertiary/aromatic N) is 2. The number of aryl methyl sites for hydroxylation is 3. The second-order valence-electron chi connectivity index (χ2n) is 4.70. The lowest BCUT2D eigenvalue weighted by Crippen LogP contribution is -2.15. The van der Waals surface area contributed by atoms with E-state index < -0.39 is 0 Å². The van der Waals surface area contributed by atoms with Crippen molar-refractivity contribution in [2.45, 2.75) is 39.7 Å². The second kappa shape index (κ2) is 5.96. The highest BCUT2D eigenvalue weighted by Gasteiger charge is 2.06. The average molecular weight is 261 g/mol. The van der Waals surface area contributed by atoms with Crippen LogP contribution < -0.4 is 5.32 Å². The van der Waals surface area contributed by atoms with Crippen LogP contribution in [0.1, 0.15) is 29.5 Å². The third kappa shape index (κ3) is 3.81. The van der Waals surface area contributed by atoms with Crippen LogP contribution >= 0.6 is 11.3 Å². The molecule has 0 aliphatic heterocycles. The van der Waals surface area contributed by atoms with Crippen LogP contribution in [0, 0.1) is 13.8 Å². The van der Waals surface area contributed by atoms with E-state index in [4.69, 9.17) is 0 Å². The van der Waals surface area contributed by atoms with Crippen molar-refractivity contribution < 1.29 is 0 Å². The quantitative estimate of drug-likeness (QED) is 0.894. The Morgan fingerprint density at radius 2 is 2.11 bits per heavy atom. The van der Waals surface area contributed by atoms with Crippen molar-refractivity contribution in [3.8, 4) is 0 Å². The van der Waals surface area contributed by atoms with Crippen molar-refractivity contribution in [1.82, 2.24) is 10.2 Å². The van der Waals surface area contributed by atoms with Crippen molar-refractivity contribution in [3.05, 3.63) is 40.4 Å². The Morgan fingerprint density at radius 1 is 1.28 bits per heavy atom. The lowest BCUT2D eigenvalue weighted by atomic mass is 10.0. The molecule has 4 heteroatoms. The maximum atomic E-state index is 4.08. The van der Waals surface area contributed by atoms with Crippen molar-refractivity contribution in [3.63, 3.8) is 0 Å². The first-order chi connectivity index (χ1) is 8.63. The molecule has 0 amide bonds. The molecule has 0 saturated heterocycles. The summed E-state index contributed by atoms with van der Waals surface area (Å²) < 4.78 is 0. The molecule has 0 saturated carbocycles. The molecule has 1 unspecified atom stereocenters. The van der Waals surface area contributed by atoms with E-state index in [1.807, 2.05) is 6.92 Å². The van der Waals surface area contributed by atoms with Crippen LogP contribution in [-0.2, 0) is 6.42 Å². The Bertz CT molecular complexity index is 507. The lowest BCUT2D eigenvalue weighted by Gasteiger charge is -2.12. The fourth-order valence-electron chi connectivity index (χ4n) is 1.89. The normalized spacial score (nSPS) is 12.4. The number of hydrogen-bond donors (Lipinski definition) is 1. The van der Waals surface area contributed by atoms with Gasteiger partial charge >= 0.3 is 0 Å². The highest BCUT2D eigenvalue weighted by Crippen LogP contribution is 2.16. The smallest absolute Gasteiger partial charge is 0.205 e. The van der Waals surface area contributed by atoms with E-state index in [0.29, 0.717) is 6.04 Å². The molecule has 18 heavy (non-hydrogen) atoms. The van der Waals surface area contributed by atoms with Gasteiger partial charge in [0.25, 0.3) is 0 Å². The Labute approximate surface area is 112 Å². The van der Waals surface area contributed by atoms with Gasteiger partial charge in [-0.25, -0.2) is 0 Å². The van der Waals surface area contributed by atoms with Crippen LogP contribution in [0.3, 0.4) is 0 Å². The van der Waals surface area contributed by atoms with E-state index in [1.54, 1.807) is 11.3 Å². The summed E-state index contributed by atoms with van der Waals surface area (Å²) in [4.78, 5) is 0. The van der Waals surface area contributed by atoms with Crippen LogP contribution in [0.15, 0.2) is 24.3 Å². The first kappa shape index (κ1) is 13.0. The second-order valence-corrected chi connectivity index (χ2v) is 5.88. The van der Waals surface area contributed by atoms with Gasteiger partial charge in [-0.1, -0.05) is 41.2 Å². The summed E-state index contributed by atoms with van der Waals surface area (Å²) >= 11 is 1.61. The molecule has 96 valence electrons. The maximum absolute atomic E-state index is 4.08. The van der Waals surface area contributed by atoms with Gasteiger partial charge in [-0.15, -0.1) is 10.2 Å². The van der Waals surface area contributed by atoms with Gasteiger partial charge in [0.2, 0.25) is 5.13 Å². The van der Waals surface area contributed by atoms with E-state index in [9.17, 15) is 0 Å². The van der Waals surface area contributed by atoms with Crippen LogP contribution in [0.5, 0.6) is 0 Å². The molecular formula is C14H19N3S. The SMILES string of the molecule is Cc1cccc(CCC(C)Nc2nnc(C)s2)c1. The zero-order chi connectivity index (χ0) is 13.0. The predicted octanol–water partition coefficient (Wildman–Crippen LogP) is 3.59. The molecule has 3 nitrogen and oxygen atoms in total. The van der Waals surface area contributed by atoms with E-state index in [-0.39, 0.29) is 0 Å². The van der Waals surface area contributed by atoms with Crippen LogP contribution in [0.25, 0.3) is 0 Å². The molecule has 1 aromatic heterocycles. The fraction of sp³-hybridized carbons (Fsp3) is 0.429. The molecule has 1 atom stereocenters. The molecule has 0 aliphatic carbocycles. The molecule has 0 fully saturated rings. The number of benzene rings is 1. The van der Waals surface area contributed by atoms with Crippen molar-refractivity contribution in [1.29, 1.82) is 0 Å². The van der Waals surface area contributed by atoms with Gasteiger partial charge in [-0.3, -0.25) is 0 Å². The molecule has 1 N–H and O–H groups in total. The number of nitrogens with one attached hydrogen (secondary N) is 1. The van der Waals surface area contributed by atoms with Gasteiger partial charge in [0.15, 0.2) is 0 Å². The largest absolute Gasteiger partial charge is 0.358 e. The van der Waals surface area contributed by atoms with E-state index in [1.165, 1.54) is 11.1 Å². The molecule has 0 radical (unpaired) electrons. The summed E-state index contributed by atoms with van der Waals surface area (Å²) in [7, 11) is 0. The fourth-order valence-corrected chi connectivity index (χ4v) is 2.59. The molecule has 1 aromatic carbocycles. The third-order valence-electron chi connectivity index (χ3n) is 2.84. The Hall–Kier alpha value is -1.42. The minimum absolute atomic E-state index is 0.415. The number of anilines is 1. The monoisotopic (exact) mass is 261 g/mol. The van der Waals surface area contributed by atoms with Gasteiger partial charge < -0.3 is 5.32 Å². The minimum Gasteiger partial charge on any atom is -0.358 e. The summed E-state index contributed by atoms with van der Waals surface area (Å²) in [5, 5.41) is 13.4. The Morgan fingerprint density at radius 3 is 2.78 bits per heavy atom. The molecular weight excluding hydrogens is 242 g/mol. The van der Waals surface area contributed by atoms with Crippen LogP contribution in [-0.4, -0.2) is 16.2 Å². The molecule has 0 bridgehead atoms. The topological polar surface area (TPSA) is 37.8 Å². The minimum atomic E-state index is 0.415. The summed E-state index contributed by atoms with van der Waals surface area (Å²) in [6.07, 6.45) is 2.19. The van der Waals surface area contributed by atoms with E-state index in [2.05, 4.69) is 53.6 Å². The van der Waals surface area contributed by atoms with Gasteiger partial charge in [0.1, 0.15) is 5.01 Å². The maximum Gasteiger partial charge on any atom is 0.205 e. The Balaban J connectivity index is 1.83. The first-order valence-corrected chi connectivity index (χ1v) is 7.07. The summed E-state index contributed by atoms with van der Waals surface area (Å²) in [5.41, 5.74) is 2.73. The van der Waals surface area contributed by atoms with Gasteiger partial charge in [-0.2, -0.15) is 0 Å². The summed E-state index contributed by atoms with van der Waals surface area (Å²) in [5.74, 6) is 0. The summed E-state index contributed by atoms with van der Waals surface area (Å²) in [6.45, 7) is 6.29. The van der Waals surface area contributed by atoms with Crippen molar-refractivity contribution in [2.24, 2.45) is 0 Å². The molecule has 0 spiro atoms. The van der Waals surface area contributed by atoms with Gasteiger partial charge in [0, 0.05) is 6.04 Å². The standard InChI is InChI=1S/C14H19N3S/c1-10-5-4-6-13(9-10)8-7-11(2)15-14-17-16-12(3)18-14/h4-6,9,11H,7-8H2,1-3H3,(H,15,17). The molecule has 0 aliphatic rings. The predicted molar refractivity (Wildman–Crippen MR) is 77.2 cm³/mol. The number of hydrogen-bond acceptors (Lipinski definition) is 4. The average Bonchev–Trinajstić information content (AvgIpc) is 2.72. The van der Waals surface area contributed by atoms with Gasteiger partial charge in [-0.05, 0) is 39.2 Å². The molecule has 2 aromatic rings. The van der Waals surface area contributed by atoms with Crippen LogP contribution in [0.4, 0.5) is 5.13 Å². The summed E-state index contributed by atoms with van der Waals surface area (Å²) in [6, 6.07) is 9.11. The zero-order valence-corrected chi connectivity index (χ0v) is 11.9. The van der Waals surface area contributed by atoms with Gasteiger partial charge in [0.05, 0.1) is 0 Å².